The molecule has 2 amide bonds. The van der Waals surface area contributed by atoms with Crippen LogP contribution in [0, 0.1) is 16.6 Å². The lowest BCUT2D eigenvalue weighted by atomic mass is 9.71. The first-order valence-electron chi connectivity index (χ1n) is 12.6. The van der Waals surface area contributed by atoms with Gasteiger partial charge in [0.05, 0.1) is 21.7 Å². The van der Waals surface area contributed by atoms with E-state index in [1.807, 2.05) is 17.0 Å². The van der Waals surface area contributed by atoms with Crippen molar-refractivity contribution in [3.8, 4) is 0 Å². The third-order valence-corrected chi connectivity index (χ3v) is 8.76. The zero-order chi connectivity index (χ0) is 27.6. The lowest BCUT2D eigenvalue weighted by molar-refractivity contribution is -0.124. The Bertz CT molecular complexity index is 1450. The van der Waals surface area contributed by atoms with Gasteiger partial charge in [0.1, 0.15) is 5.82 Å². The summed E-state index contributed by atoms with van der Waals surface area (Å²) in [4.78, 5) is 44.5. The Balaban J connectivity index is 1.39. The van der Waals surface area contributed by atoms with Gasteiger partial charge in [-0.15, -0.1) is 0 Å². The monoisotopic (exact) mass is 538 g/mol. The van der Waals surface area contributed by atoms with Crippen LogP contribution >= 0.6 is 11.6 Å². The maximum absolute atomic E-state index is 13.8. The average Bonchev–Trinajstić information content (AvgIpc) is 3.39. The van der Waals surface area contributed by atoms with E-state index in [9.17, 15) is 18.8 Å². The number of halogens is 2. The number of hydrogen-bond acceptors (Lipinski definition) is 4. The molecule has 38 heavy (non-hydrogen) atoms. The van der Waals surface area contributed by atoms with Gasteiger partial charge in [-0.25, -0.2) is 4.39 Å². The SMILES string of the molecule is CN(C)C(=O)C(=O)c1cn(C)c2cc(Cl)c(C(=O)N3C[C@]4(C)CN(Cc5ccc(F)cc5)C[C@]4(C)C3)cc12. The number of hydrogen-bond donors (Lipinski definition) is 0. The fraction of sp³-hybridized carbons (Fsp3) is 0.414. The molecule has 7 nitrogen and oxygen atoms in total. The molecular weight excluding hydrogens is 507 g/mol. The van der Waals surface area contributed by atoms with Crippen molar-refractivity contribution in [1.82, 2.24) is 19.3 Å². The fourth-order valence-electron chi connectivity index (χ4n) is 6.14. The first kappa shape index (κ1) is 26.4. The molecule has 3 heterocycles. The first-order valence-corrected chi connectivity index (χ1v) is 13.0. The number of carbonyl (C=O) groups is 3. The molecule has 2 atom stereocenters. The number of amides is 2. The molecule has 200 valence electrons. The molecule has 0 radical (unpaired) electrons. The molecule has 0 saturated carbocycles. The minimum Gasteiger partial charge on any atom is -0.350 e. The minimum absolute atomic E-state index is 0.120. The van der Waals surface area contributed by atoms with Gasteiger partial charge in [-0.05, 0) is 29.8 Å². The van der Waals surface area contributed by atoms with Gasteiger partial charge in [-0.3, -0.25) is 19.3 Å². The summed E-state index contributed by atoms with van der Waals surface area (Å²) in [5.41, 5.74) is 2.08. The molecule has 2 saturated heterocycles. The molecule has 5 rings (SSSR count). The third kappa shape index (κ3) is 4.29. The van der Waals surface area contributed by atoms with Gasteiger partial charge in [0, 0.05) is 76.3 Å². The number of likely N-dealkylation sites (N-methyl/N-ethyl adjacent to an activating group) is 1. The lowest BCUT2D eigenvalue weighted by Gasteiger charge is -2.30. The van der Waals surface area contributed by atoms with Crippen molar-refractivity contribution >= 4 is 40.1 Å². The number of fused-ring (bicyclic) bond motifs is 2. The standard InChI is InChI=1S/C29H32ClFN4O3/c1-28-14-34(12-18-6-8-19(31)9-7-18)15-29(28,2)17-35(16-28)26(37)21-10-20-22(25(36)27(38)32(3)4)13-33(5)24(20)11-23(21)30/h6-11,13H,12,14-17H2,1-5H3/t28-,29+. The second kappa shape index (κ2) is 9.20. The molecule has 0 N–H and O–H groups in total. The van der Waals surface area contributed by atoms with Gasteiger partial charge in [0.15, 0.2) is 0 Å². The van der Waals surface area contributed by atoms with Gasteiger partial charge < -0.3 is 14.4 Å². The van der Waals surface area contributed by atoms with Crippen molar-refractivity contribution in [3.63, 3.8) is 0 Å². The van der Waals surface area contributed by atoms with Crippen LogP contribution < -0.4 is 0 Å². The predicted molar refractivity (Wildman–Crippen MR) is 145 cm³/mol. The molecule has 3 aromatic rings. The normalized spacial score (nSPS) is 23.2. The molecule has 9 heteroatoms. The van der Waals surface area contributed by atoms with E-state index in [0.717, 1.165) is 25.2 Å². The number of likely N-dealkylation sites (tertiary alicyclic amines) is 2. The highest BCUT2D eigenvalue weighted by Crippen LogP contribution is 2.52. The van der Waals surface area contributed by atoms with Crippen molar-refractivity contribution in [2.24, 2.45) is 17.9 Å². The Kier molecular flexibility index (Phi) is 6.39. The van der Waals surface area contributed by atoms with Crippen molar-refractivity contribution in [2.75, 3.05) is 40.3 Å². The second-order valence-corrected chi connectivity index (χ2v) is 12.0. The summed E-state index contributed by atoms with van der Waals surface area (Å²) in [6.07, 6.45) is 1.61. The predicted octanol–water partition coefficient (Wildman–Crippen LogP) is 4.23. The minimum atomic E-state index is -0.627. The molecule has 2 aromatic carbocycles. The van der Waals surface area contributed by atoms with E-state index in [-0.39, 0.29) is 28.1 Å². The Hall–Kier alpha value is -3.23. The summed E-state index contributed by atoms with van der Waals surface area (Å²) in [6, 6.07) is 9.94. The van der Waals surface area contributed by atoms with Gasteiger partial charge in [0.25, 0.3) is 17.6 Å². The van der Waals surface area contributed by atoms with Crippen LogP contribution in [0.4, 0.5) is 4.39 Å². The summed E-state index contributed by atoms with van der Waals surface area (Å²) in [5, 5.41) is 0.842. The van der Waals surface area contributed by atoms with E-state index in [1.165, 1.54) is 31.1 Å². The third-order valence-electron chi connectivity index (χ3n) is 8.44. The van der Waals surface area contributed by atoms with Crippen molar-refractivity contribution < 1.29 is 18.8 Å². The van der Waals surface area contributed by atoms with E-state index in [4.69, 9.17) is 11.6 Å². The average molecular weight is 539 g/mol. The molecule has 0 spiro atoms. The van der Waals surface area contributed by atoms with E-state index in [0.29, 0.717) is 34.6 Å². The number of Topliss-reactive ketones (excluding diaryl/α,β-unsaturated/α-hetero) is 1. The fourth-order valence-corrected chi connectivity index (χ4v) is 6.38. The number of carbonyl (C=O) groups excluding carboxylic acids is 3. The maximum atomic E-state index is 13.8. The number of aryl methyl sites for hydroxylation is 1. The van der Waals surface area contributed by atoms with Crippen LogP contribution in [-0.2, 0) is 18.4 Å². The highest BCUT2D eigenvalue weighted by molar-refractivity contribution is 6.45. The summed E-state index contributed by atoms with van der Waals surface area (Å²) in [7, 11) is 4.84. The van der Waals surface area contributed by atoms with E-state index in [2.05, 4.69) is 18.7 Å². The van der Waals surface area contributed by atoms with Crippen molar-refractivity contribution in [1.29, 1.82) is 0 Å². The van der Waals surface area contributed by atoms with Gasteiger partial charge >= 0.3 is 0 Å². The van der Waals surface area contributed by atoms with Gasteiger partial charge in [-0.1, -0.05) is 37.6 Å². The zero-order valence-corrected chi connectivity index (χ0v) is 23.1. The topological polar surface area (TPSA) is 65.9 Å². The van der Waals surface area contributed by atoms with Crippen molar-refractivity contribution in [3.05, 3.63) is 70.1 Å². The Morgan fingerprint density at radius 3 is 2.16 bits per heavy atom. The molecule has 0 bridgehead atoms. The van der Waals surface area contributed by atoms with Gasteiger partial charge in [0.2, 0.25) is 0 Å². The number of nitrogens with zero attached hydrogens (tertiary/aromatic N) is 4. The zero-order valence-electron chi connectivity index (χ0n) is 22.3. The van der Waals surface area contributed by atoms with Gasteiger partial charge in [-0.2, -0.15) is 0 Å². The van der Waals surface area contributed by atoms with Crippen LogP contribution in [0.25, 0.3) is 10.9 Å². The van der Waals surface area contributed by atoms with Crippen LogP contribution in [0.5, 0.6) is 0 Å². The summed E-state index contributed by atoms with van der Waals surface area (Å²) < 4.78 is 15.1. The quantitative estimate of drug-likeness (QED) is 0.360. The number of benzene rings is 2. The Morgan fingerprint density at radius 1 is 0.974 bits per heavy atom. The number of aromatic nitrogens is 1. The highest BCUT2D eigenvalue weighted by Gasteiger charge is 2.58. The molecule has 0 unspecified atom stereocenters. The smallest absolute Gasteiger partial charge is 0.294 e. The molecule has 0 aliphatic carbocycles. The van der Waals surface area contributed by atoms with E-state index < -0.39 is 11.7 Å². The molecule has 2 aliphatic rings. The maximum Gasteiger partial charge on any atom is 0.294 e. The largest absolute Gasteiger partial charge is 0.350 e. The lowest BCUT2D eigenvalue weighted by Crippen LogP contribution is -2.35. The first-order chi connectivity index (χ1) is 17.8. The molecule has 1 aromatic heterocycles. The molecule has 2 aliphatic heterocycles. The van der Waals surface area contributed by atoms with E-state index in [1.54, 1.807) is 29.9 Å². The number of rotatable bonds is 5. The Morgan fingerprint density at radius 2 is 1.58 bits per heavy atom. The Labute approximate surface area is 226 Å². The van der Waals surface area contributed by atoms with Crippen LogP contribution in [0.3, 0.4) is 0 Å². The highest BCUT2D eigenvalue weighted by atomic mass is 35.5. The van der Waals surface area contributed by atoms with E-state index >= 15 is 0 Å². The molecule has 2 fully saturated rings. The molecular formula is C29H32ClFN4O3. The van der Waals surface area contributed by atoms with Crippen LogP contribution in [0.2, 0.25) is 5.02 Å². The van der Waals surface area contributed by atoms with Crippen LogP contribution in [0.15, 0.2) is 42.6 Å². The van der Waals surface area contributed by atoms with Crippen LogP contribution in [0.1, 0.15) is 40.1 Å². The summed E-state index contributed by atoms with van der Waals surface area (Å²) >= 11 is 6.61. The second-order valence-electron chi connectivity index (χ2n) is 11.6. The van der Waals surface area contributed by atoms with Crippen LogP contribution in [-0.4, -0.2) is 77.1 Å². The summed E-state index contributed by atoms with van der Waals surface area (Å²) in [6.45, 7) is 7.97. The number of ketones is 1. The van der Waals surface area contributed by atoms with Crippen molar-refractivity contribution in [2.45, 2.75) is 20.4 Å². The summed E-state index contributed by atoms with van der Waals surface area (Å²) in [5.74, 6) is -1.68.